The summed E-state index contributed by atoms with van der Waals surface area (Å²) in [4.78, 5) is 0. The van der Waals surface area contributed by atoms with Crippen LogP contribution in [0.5, 0.6) is 0 Å². The van der Waals surface area contributed by atoms with Crippen molar-refractivity contribution in [1.82, 2.24) is 0 Å². The summed E-state index contributed by atoms with van der Waals surface area (Å²) in [5, 5.41) is 0. The molecule has 2 N–H and O–H groups in total. The van der Waals surface area contributed by atoms with Crippen LogP contribution in [0.2, 0.25) is 0 Å². The van der Waals surface area contributed by atoms with Gasteiger partial charge in [-0.2, -0.15) is 12.2 Å². The zero-order valence-electron chi connectivity index (χ0n) is 6.91. The normalized spacial score (nSPS) is 11.6. The molecular weight excluding hydrogens is 233 g/mol. The van der Waals surface area contributed by atoms with Crippen LogP contribution in [0.4, 0.5) is 10.1 Å². The fourth-order valence-corrected chi connectivity index (χ4v) is 1.68. The summed E-state index contributed by atoms with van der Waals surface area (Å²) < 4.78 is 38.2. The highest BCUT2D eigenvalue weighted by Gasteiger charge is 2.12. The van der Waals surface area contributed by atoms with Gasteiger partial charge in [0.15, 0.2) is 0 Å². The van der Waals surface area contributed by atoms with E-state index in [1.165, 1.54) is 12.1 Å². The fourth-order valence-electron chi connectivity index (χ4n) is 0.909. The highest BCUT2D eigenvalue weighted by Crippen LogP contribution is 2.15. The first-order valence-corrected chi connectivity index (χ1v) is 5.40. The van der Waals surface area contributed by atoms with Crippen molar-refractivity contribution < 1.29 is 16.5 Å². The molecule has 0 aliphatic heterocycles. The van der Waals surface area contributed by atoms with Crippen LogP contribution in [0, 0.1) is 5.82 Å². The Kier molecular flexibility index (Phi) is 3.30. The minimum absolute atomic E-state index is 0.118. The average Bonchev–Trinajstić information content (AvgIpc) is 2.11. The monoisotopic (exact) mass is 239 g/mol. The first-order chi connectivity index (χ1) is 6.44. The van der Waals surface area contributed by atoms with Crippen LogP contribution in [0.1, 0.15) is 5.56 Å². The van der Waals surface area contributed by atoms with Gasteiger partial charge >= 0.3 is 0 Å². The second-order valence-electron chi connectivity index (χ2n) is 2.62. The first-order valence-electron chi connectivity index (χ1n) is 3.51. The number of anilines is 1. The summed E-state index contributed by atoms with van der Waals surface area (Å²) in [6.45, 7) is 0. The summed E-state index contributed by atoms with van der Waals surface area (Å²) in [5.74, 6) is -1.04. The predicted octanol–water partition coefficient (Wildman–Crippen LogP) is 1.41. The van der Waals surface area contributed by atoms with E-state index in [4.69, 9.17) is 17.6 Å². The molecule has 0 saturated heterocycles. The average molecular weight is 240 g/mol. The highest BCUT2D eigenvalue weighted by atomic mass is 35.5. The van der Waals surface area contributed by atoms with Crippen molar-refractivity contribution in [3.05, 3.63) is 29.6 Å². The van der Waals surface area contributed by atoms with Gasteiger partial charge in [-0.25, -0.2) is 4.39 Å². The summed E-state index contributed by atoms with van der Waals surface area (Å²) in [6.07, 6.45) is 0. The molecule has 0 aliphatic rings. The van der Waals surface area contributed by atoms with Gasteiger partial charge in [-0.05, 0) is 17.7 Å². The van der Waals surface area contributed by atoms with Crippen molar-refractivity contribution in [3.8, 4) is 0 Å². The van der Waals surface area contributed by atoms with Crippen molar-refractivity contribution in [2.24, 2.45) is 0 Å². The fraction of sp³-hybridized carbons (Fsp3) is 0.143. The van der Waals surface area contributed by atoms with Crippen LogP contribution < -0.4 is 5.73 Å². The van der Waals surface area contributed by atoms with E-state index < -0.39 is 21.7 Å². The zero-order valence-corrected chi connectivity index (χ0v) is 8.48. The Labute approximate surface area is 85.7 Å². The molecule has 0 aliphatic carbocycles. The van der Waals surface area contributed by atoms with Crippen molar-refractivity contribution in [1.29, 1.82) is 0 Å². The lowest BCUT2D eigenvalue weighted by atomic mass is 10.2. The Morgan fingerprint density at radius 2 is 2.14 bits per heavy atom. The minimum atomic E-state index is -3.81. The molecule has 14 heavy (non-hydrogen) atoms. The maximum atomic E-state index is 12.7. The van der Waals surface area contributed by atoms with Crippen LogP contribution in [-0.2, 0) is 19.6 Å². The SMILES string of the molecule is Nc1cc(CS(=O)(=O)OCl)ccc1F. The van der Waals surface area contributed by atoms with E-state index in [0.717, 1.165) is 6.07 Å². The molecule has 0 fully saturated rings. The third kappa shape index (κ3) is 2.83. The van der Waals surface area contributed by atoms with Crippen LogP contribution in [0.15, 0.2) is 18.2 Å². The van der Waals surface area contributed by atoms with E-state index in [2.05, 4.69) is 3.74 Å². The van der Waals surface area contributed by atoms with Crippen LogP contribution in [0.25, 0.3) is 0 Å². The van der Waals surface area contributed by atoms with Crippen molar-refractivity contribution in [3.63, 3.8) is 0 Å². The molecule has 0 radical (unpaired) electrons. The van der Waals surface area contributed by atoms with Crippen LogP contribution in [-0.4, -0.2) is 8.42 Å². The Morgan fingerprint density at radius 3 is 2.64 bits per heavy atom. The molecule has 4 nitrogen and oxygen atoms in total. The standard InChI is InChI=1S/C7H7ClFNO3S/c8-13-14(11,12)4-5-1-2-6(9)7(10)3-5/h1-3H,4,10H2. The molecule has 0 atom stereocenters. The second-order valence-corrected chi connectivity index (χ2v) is 4.53. The number of rotatable bonds is 3. The summed E-state index contributed by atoms with van der Waals surface area (Å²) in [7, 11) is -3.81. The van der Waals surface area contributed by atoms with Gasteiger partial charge < -0.3 is 5.73 Å². The Morgan fingerprint density at radius 1 is 1.50 bits per heavy atom. The Hall–Kier alpha value is -0.850. The second kappa shape index (κ2) is 4.12. The van der Waals surface area contributed by atoms with Gasteiger partial charge in [0.05, 0.1) is 17.6 Å². The van der Waals surface area contributed by atoms with Crippen molar-refractivity contribution >= 4 is 27.7 Å². The van der Waals surface area contributed by atoms with Gasteiger partial charge in [-0.3, -0.25) is 0 Å². The van der Waals surface area contributed by atoms with Crippen molar-refractivity contribution in [2.45, 2.75) is 5.75 Å². The van der Waals surface area contributed by atoms with E-state index in [1.807, 2.05) is 0 Å². The Balaban J connectivity index is 2.94. The van der Waals surface area contributed by atoms with E-state index in [0.29, 0.717) is 5.56 Å². The smallest absolute Gasteiger partial charge is 0.287 e. The van der Waals surface area contributed by atoms with Gasteiger partial charge in [-0.1, -0.05) is 6.07 Å². The summed E-state index contributed by atoms with van der Waals surface area (Å²) in [5.41, 5.74) is 5.43. The maximum Gasteiger partial charge on any atom is 0.287 e. The molecule has 0 amide bonds. The van der Waals surface area contributed by atoms with Gasteiger partial charge in [0.1, 0.15) is 11.6 Å². The summed E-state index contributed by atoms with van der Waals surface area (Å²) >= 11 is 4.72. The lowest BCUT2D eigenvalue weighted by Crippen LogP contribution is -2.04. The van der Waals surface area contributed by atoms with E-state index in [-0.39, 0.29) is 5.69 Å². The van der Waals surface area contributed by atoms with Crippen LogP contribution in [0.3, 0.4) is 0 Å². The number of benzene rings is 1. The Bertz CT molecular complexity index is 435. The van der Waals surface area contributed by atoms with E-state index in [1.54, 1.807) is 0 Å². The number of hydrogen-bond acceptors (Lipinski definition) is 4. The van der Waals surface area contributed by atoms with Gasteiger partial charge in [0, 0.05) is 0 Å². The minimum Gasteiger partial charge on any atom is -0.396 e. The molecule has 0 heterocycles. The molecule has 1 aromatic carbocycles. The topological polar surface area (TPSA) is 69.4 Å². The quantitative estimate of drug-likeness (QED) is 0.810. The molecule has 0 bridgehead atoms. The molecule has 0 unspecified atom stereocenters. The molecule has 0 saturated carbocycles. The number of halogens is 2. The maximum absolute atomic E-state index is 12.7. The molecular formula is C7H7ClFNO3S. The lowest BCUT2D eigenvalue weighted by molar-refractivity contribution is 0.507. The van der Waals surface area contributed by atoms with Gasteiger partial charge in [-0.15, -0.1) is 0 Å². The lowest BCUT2D eigenvalue weighted by Gasteiger charge is -2.02. The molecule has 0 aromatic heterocycles. The third-order valence-corrected chi connectivity index (χ3v) is 2.95. The van der Waals surface area contributed by atoms with Gasteiger partial charge in [0.2, 0.25) is 0 Å². The summed E-state index contributed by atoms with van der Waals surface area (Å²) in [6, 6.07) is 3.58. The molecule has 1 rings (SSSR count). The number of hydrogen-bond donors (Lipinski definition) is 1. The molecule has 7 heteroatoms. The zero-order chi connectivity index (χ0) is 10.8. The van der Waals surface area contributed by atoms with Crippen LogP contribution >= 0.6 is 11.9 Å². The molecule has 1 aromatic rings. The largest absolute Gasteiger partial charge is 0.396 e. The number of nitrogens with two attached hydrogens (primary N) is 1. The molecule has 78 valence electrons. The van der Waals surface area contributed by atoms with Gasteiger partial charge in [0.25, 0.3) is 10.1 Å². The highest BCUT2D eigenvalue weighted by molar-refractivity contribution is 7.86. The van der Waals surface area contributed by atoms with Crippen molar-refractivity contribution in [2.75, 3.05) is 5.73 Å². The van der Waals surface area contributed by atoms with E-state index >= 15 is 0 Å². The van der Waals surface area contributed by atoms with E-state index in [9.17, 15) is 12.8 Å². The predicted molar refractivity (Wildman–Crippen MR) is 50.4 cm³/mol. The number of nitrogen functional groups attached to an aromatic ring is 1. The molecule has 0 spiro atoms. The third-order valence-electron chi connectivity index (χ3n) is 1.50. The first kappa shape index (κ1) is 11.2.